The Balaban J connectivity index is 1.87. The molecule has 1 aromatic heterocycles. The third-order valence-electron chi connectivity index (χ3n) is 3.27. The molecule has 88 valence electrons. The molecular formula is C12H19N3O. The van der Waals surface area contributed by atoms with Crippen molar-refractivity contribution in [2.75, 3.05) is 6.61 Å². The summed E-state index contributed by atoms with van der Waals surface area (Å²) in [5.41, 5.74) is 1.02. The highest BCUT2D eigenvalue weighted by molar-refractivity contribution is 5.01. The van der Waals surface area contributed by atoms with E-state index < -0.39 is 0 Å². The standard InChI is InChI=1S/C12H19N3O/c1-9-13-6-5-11(15-9)7-14-12-4-2-3-10(12)8-16/h5-6,10,12,14,16H,2-4,7-8H2,1H3. The molecule has 0 bridgehead atoms. The molecule has 2 N–H and O–H groups in total. The van der Waals surface area contributed by atoms with Crippen LogP contribution in [0.15, 0.2) is 12.3 Å². The molecule has 0 aromatic carbocycles. The lowest BCUT2D eigenvalue weighted by molar-refractivity contribution is 0.205. The zero-order valence-electron chi connectivity index (χ0n) is 9.69. The lowest BCUT2D eigenvalue weighted by Gasteiger charge is -2.18. The number of aromatic nitrogens is 2. The van der Waals surface area contributed by atoms with Crippen molar-refractivity contribution in [3.63, 3.8) is 0 Å². The second-order valence-electron chi connectivity index (χ2n) is 4.46. The molecule has 1 saturated carbocycles. The molecule has 0 spiro atoms. The van der Waals surface area contributed by atoms with E-state index in [1.807, 2.05) is 13.0 Å². The van der Waals surface area contributed by atoms with Crippen molar-refractivity contribution in [2.45, 2.75) is 38.8 Å². The summed E-state index contributed by atoms with van der Waals surface area (Å²) in [6.07, 6.45) is 5.30. The second-order valence-corrected chi connectivity index (χ2v) is 4.46. The van der Waals surface area contributed by atoms with E-state index in [1.165, 1.54) is 6.42 Å². The number of rotatable bonds is 4. The fourth-order valence-corrected chi connectivity index (χ4v) is 2.36. The Hall–Kier alpha value is -1.00. The molecule has 0 radical (unpaired) electrons. The Bertz CT molecular complexity index is 343. The number of aliphatic hydroxyl groups excluding tert-OH is 1. The van der Waals surface area contributed by atoms with Crippen molar-refractivity contribution >= 4 is 0 Å². The van der Waals surface area contributed by atoms with Gasteiger partial charge in [-0.2, -0.15) is 0 Å². The van der Waals surface area contributed by atoms with Crippen LogP contribution in [0, 0.1) is 12.8 Å². The summed E-state index contributed by atoms with van der Waals surface area (Å²) in [4.78, 5) is 8.42. The first-order chi connectivity index (χ1) is 7.79. The van der Waals surface area contributed by atoms with E-state index in [9.17, 15) is 5.11 Å². The van der Waals surface area contributed by atoms with Gasteiger partial charge in [0.25, 0.3) is 0 Å². The first-order valence-electron chi connectivity index (χ1n) is 5.92. The molecule has 0 amide bonds. The van der Waals surface area contributed by atoms with Crippen LogP contribution < -0.4 is 5.32 Å². The number of aliphatic hydroxyl groups is 1. The van der Waals surface area contributed by atoms with Gasteiger partial charge in [-0.15, -0.1) is 0 Å². The number of nitrogens with zero attached hydrogens (tertiary/aromatic N) is 2. The Morgan fingerprint density at radius 1 is 1.50 bits per heavy atom. The molecular weight excluding hydrogens is 202 g/mol. The van der Waals surface area contributed by atoms with Crippen LogP contribution in [-0.4, -0.2) is 27.7 Å². The molecule has 1 fully saturated rings. The highest BCUT2D eigenvalue weighted by Crippen LogP contribution is 2.25. The van der Waals surface area contributed by atoms with Gasteiger partial charge in [-0.3, -0.25) is 0 Å². The predicted molar refractivity (Wildman–Crippen MR) is 61.8 cm³/mol. The average molecular weight is 221 g/mol. The predicted octanol–water partition coefficient (Wildman–Crippen LogP) is 1.04. The van der Waals surface area contributed by atoms with Crippen molar-refractivity contribution in [3.05, 3.63) is 23.8 Å². The van der Waals surface area contributed by atoms with Crippen LogP contribution in [0.3, 0.4) is 0 Å². The highest BCUT2D eigenvalue weighted by Gasteiger charge is 2.25. The molecule has 2 atom stereocenters. The van der Waals surface area contributed by atoms with Gasteiger partial charge >= 0.3 is 0 Å². The van der Waals surface area contributed by atoms with Gasteiger partial charge in [-0.1, -0.05) is 6.42 Å². The number of aryl methyl sites for hydroxylation is 1. The van der Waals surface area contributed by atoms with Gasteiger partial charge in [0.15, 0.2) is 0 Å². The van der Waals surface area contributed by atoms with E-state index in [0.717, 1.165) is 30.9 Å². The summed E-state index contributed by atoms with van der Waals surface area (Å²) >= 11 is 0. The van der Waals surface area contributed by atoms with Gasteiger partial charge in [0.05, 0.1) is 5.69 Å². The lowest BCUT2D eigenvalue weighted by atomic mass is 10.1. The lowest BCUT2D eigenvalue weighted by Crippen LogP contribution is -2.33. The number of hydrogen-bond donors (Lipinski definition) is 2. The summed E-state index contributed by atoms with van der Waals surface area (Å²) < 4.78 is 0. The van der Waals surface area contributed by atoms with Crippen LogP contribution >= 0.6 is 0 Å². The first kappa shape index (κ1) is 11.5. The van der Waals surface area contributed by atoms with Gasteiger partial charge in [0.1, 0.15) is 5.82 Å². The Labute approximate surface area is 96.1 Å². The van der Waals surface area contributed by atoms with E-state index in [1.54, 1.807) is 6.20 Å². The maximum Gasteiger partial charge on any atom is 0.125 e. The summed E-state index contributed by atoms with van der Waals surface area (Å²) in [6.45, 7) is 2.96. The van der Waals surface area contributed by atoms with Crippen LogP contribution in [0.1, 0.15) is 30.8 Å². The Morgan fingerprint density at radius 3 is 3.12 bits per heavy atom. The summed E-state index contributed by atoms with van der Waals surface area (Å²) in [6, 6.07) is 2.38. The summed E-state index contributed by atoms with van der Waals surface area (Å²) in [5.74, 6) is 1.23. The summed E-state index contributed by atoms with van der Waals surface area (Å²) in [5, 5.41) is 12.7. The van der Waals surface area contributed by atoms with E-state index >= 15 is 0 Å². The Kier molecular flexibility index (Phi) is 3.85. The zero-order valence-corrected chi connectivity index (χ0v) is 9.69. The molecule has 1 aliphatic carbocycles. The van der Waals surface area contributed by atoms with Gasteiger partial charge in [-0.05, 0) is 31.7 Å². The van der Waals surface area contributed by atoms with E-state index in [2.05, 4.69) is 15.3 Å². The van der Waals surface area contributed by atoms with Crippen molar-refractivity contribution in [3.8, 4) is 0 Å². The second kappa shape index (κ2) is 5.37. The van der Waals surface area contributed by atoms with Crippen molar-refractivity contribution in [1.29, 1.82) is 0 Å². The maximum absolute atomic E-state index is 9.21. The summed E-state index contributed by atoms with van der Waals surface area (Å²) in [7, 11) is 0. The van der Waals surface area contributed by atoms with Gasteiger partial charge < -0.3 is 10.4 Å². The monoisotopic (exact) mass is 221 g/mol. The number of hydrogen-bond acceptors (Lipinski definition) is 4. The molecule has 4 heteroatoms. The van der Waals surface area contributed by atoms with E-state index in [4.69, 9.17) is 0 Å². The topological polar surface area (TPSA) is 58.0 Å². The molecule has 16 heavy (non-hydrogen) atoms. The first-order valence-corrected chi connectivity index (χ1v) is 5.92. The van der Waals surface area contributed by atoms with Crippen LogP contribution in [-0.2, 0) is 6.54 Å². The highest BCUT2D eigenvalue weighted by atomic mass is 16.3. The third-order valence-corrected chi connectivity index (χ3v) is 3.27. The quantitative estimate of drug-likeness (QED) is 0.797. The Morgan fingerprint density at radius 2 is 2.38 bits per heavy atom. The fourth-order valence-electron chi connectivity index (χ4n) is 2.36. The van der Waals surface area contributed by atoms with Crippen molar-refractivity contribution < 1.29 is 5.11 Å². The SMILES string of the molecule is Cc1nccc(CNC2CCCC2CO)n1. The van der Waals surface area contributed by atoms with Crippen molar-refractivity contribution in [1.82, 2.24) is 15.3 Å². The smallest absolute Gasteiger partial charge is 0.125 e. The zero-order chi connectivity index (χ0) is 11.4. The molecule has 2 rings (SSSR count). The minimum Gasteiger partial charge on any atom is -0.396 e. The van der Waals surface area contributed by atoms with Crippen LogP contribution in [0.2, 0.25) is 0 Å². The van der Waals surface area contributed by atoms with Crippen molar-refractivity contribution in [2.24, 2.45) is 5.92 Å². The maximum atomic E-state index is 9.21. The van der Waals surface area contributed by atoms with Crippen LogP contribution in [0.5, 0.6) is 0 Å². The van der Waals surface area contributed by atoms with Crippen LogP contribution in [0.4, 0.5) is 0 Å². The fraction of sp³-hybridized carbons (Fsp3) is 0.667. The van der Waals surface area contributed by atoms with Gasteiger partial charge in [0, 0.05) is 25.4 Å². The number of nitrogens with one attached hydrogen (secondary N) is 1. The minimum atomic E-state index is 0.292. The van der Waals surface area contributed by atoms with Gasteiger partial charge in [0.2, 0.25) is 0 Å². The van der Waals surface area contributed by atoms with E-state index in [0.29, 0.717) is 18.6 Å². The van der Waals surface area contributed by atoms with E-state index in [-0.39, 0.29) is 0 Å². The largest absolute Gasteiger partial charge is 0.396 e. The average Bonchev–Trinajstić information content (AvgIpc) is 2.74. The van der Waals surface area contributed by atoms with Crippen LogP contribution in [0.25, 0.3) is 0 Å². The molecule has 0 saturated heterocycles. The normalized spacial score (nSPS) is 24.9. The van der Waals surface area contributed by atoms with Gasteiger partial charge in [-0.25, -0.2) is 9.97 Å². The third kappa shape index (κ3) is 2.77. The molecule has 4 nitrogen and oxygen atoms in total. The molecule has 1 heterocycles. The molecule has 2 unspecified atom stereocenters. The molecule has 0 aliphatic heterocycles. The minimum absolute atomic E-state index is 0.292. The molecule has 1 aromatic rings. The molecule has 1 aliphatic rings.